The number of benzene rings is 1. The average molecular weight is 293 g/mol. The van der Waals surface area contributed by atoms with E-state index >= 15 is 0 Å². The maximum Gasteiger partial charge on any atom is 0.259 e. The largest absolute Gasteiger partial charge is 0.452 e. The highest BCUT2D eigenvalue weighted by Crippen LogP contribution is 2.20. The lowest BCUT2D eigenvalue weighted by Crippen LogP contribution is -2.32. The van der Waals surface area contributed by atoms with Crippen LogP contribution in [-0.4, -0.2) is 23.9 Å². The van der Waals surface area contributed by atoms with E-state index in [1.807, 2.05) is 30.3 Å². The molecule has 5 heteroatoms. The Morgan fingerprint density at radius 1 is 1.25 bits per heavy atom. The van der Waals surface area contributed by atoms with E-state index in [0.717, 1.165) is 12.0 Å². The normalized spacial score (nSPS) is 10.5. The molecule has 0 aliphatic rings. The first-order chi connectivity index (χ1) is 9.72. The number of halogens is 1. The van der Waals surface area contributed by atoms with E-state index in [4.69, 9.17) is 21.8 Å². The third-order valence-corrected chi connectivity index (χ3v) is 3.28. The molecule has 0 saturated carbocycles. The summed E-state index contributed by atoms with van der Waals surface area (Å²) in [6, 6.07) is 11.4. The molecule has 0 fully saturated rings. The molecule has 1 aromatic carbocycles. The first-order valence-electron chi connectivity index (χ1n) is 6.48. The number of amides is 1. The lowest BCUT2D eigenvalue weighted by Gasteiger charge is -2.22. The van der Waals surface area contributed by atoms with Gasteiger partial charge in [-0.05, 0) is 36.2 Å². The maximum absolute atomic E-state index is 12.5. The van der Waals surface area contributed by atoms with Gasteiger partial charge in [-0.15, -0.1) is 0 Å². The summed E-state index contributed by atoms with van der Waals surface area (Å²) in [6.45, 7) is 1.66. The number of nitrogens with two attached hydrogens (primary N) is 1. The third kappa shape index (κ3) is 3.62. The van der Waals surface area contributed by atoms with Crippen molar-refractivity contribution < 1.29 is 9.21 Å². The minimum Gasteiger partial charge on any atom is -0.452 e. The summed E-state index contributed by atoms with van der Waals surface area (Å²) >= 11 is 5.88. The number of furan rings is 1. The van der Waals surface area contributed by atoms with Crippen molar-refractivity contribution in [3.05, 3.63) is 59.0 Å². The van der Waals surface area contributed by atoms with Crippen LogP contribution in [0.1, 0.15) is 22.3 Å². The fourth-order valence-electron chi connectivity index (χ4n) is 1.95. The van der Waals surface area contributed by atoms with Gasteiger partial charge in [0.1, 0.15) is 0 Å². The van der Waals surface area contributed by atoms with Gasteiger partial charge in [-0.3, -0.25) is 4.79 Å². The smallest absolute Gasteiger partial charge is 0.259 e. The minimum atomic E-state index is -0.138. The van der Waals surface area contributed by atoms with E-state index in [0.29, 0.717) is 25.2 Å². The first-order valence-corrected chi connectivity index (χ1v) is 6.86. The molecule has 0 saturated heterocycles. The van der Waals surface area contributed by atoms with Gasteiger partial charge in [0.15, 0.2) is 0 Å². The van der Waals surface area contributed by atoms with Crippen LogP contribution < -0.4 is 5.73 Å². The number of hydrogen-bond acceptors (Lipinski definition) is 3. The SMILES string of the molecule is NCCCN(Cc1ccccc1)C(=O)c1ccoc1Cl. The molecule has 0 bridgehead atoms. The molecule has 0 spiro atoms. The Balaban J connectivity index is 2.15. The van der Waals surface area contributed by atoms with Crippen LogP contribution >= 0.6 is 11.6 Å². The van der Waals surface area contributed by atoms with Crippen LogP contribution in [0.5, 0.6) is 0 Å². The zero-order valence-corrected chi connectivity index (χ0v) is 11.8. The van der Waals surface area contributed by atoms with Crippen LogP contribution in [0.3, 0.4) is 0 Å². The number of rotatable bonds is 6. The van der Waals surface area contributed by atoms with Crippen LogP contribution in [0.4, 0.5) is 0 Å². The molecule has 2 rings (SSSR count). The van der Waals surface area contributed by atoms with E-state index in [-0.39, 0.29) is 11.1 Å². The summed E-state index contributed by atoms with van der Waals surface area (Å²) in [5, 5.41) is 0.126. The molecule has 0 radical (unpaired) electrons. The minimum absolute atomic E-state index is 0.126. The van der Waals surface area contributed by atoms with Gasteiger partial charge in [-0.25, -0.2) is 0 Å². The van der Waals surface area contributed by atoms with Gasteiger partial charge in [-0.2, -0.15) is 0 Å². The number of carbonyl (C=O) groups excluding carboxylic acids is 1. The molecule has 1 heterocycles. The predicted octanol–water partition coefficient (Wildman–Crippen LogP) is 2.92. The molecule has 1 amide bonds. The zero-order valence-electron chi connectivity index (χ0n) is 11.1. The van der Waals surface area contributed by atoms with Crippen molar-refractivity contribution in [2.45, 2.75) is 13.0 Å². The van der Waals surface area contributed by atoms with Crippen molar-refractivity contribution in [2.24, 2.45) is 5.73 Å². The van der Waals surface area contributed by atoms with E-state index in [2.05, 4.69) is 0 Å². The summed E-state index contributed by atoms with van der Waals surface area (Å²) in [7, 11) is 0. The van der Waals surface area contributed by atoms with Crippen molar-refractivity contribution in [1.82, 2.24) is 4.90 Å². The molecule has 2 aromatic rings. The molecule has 0 unspecified atom stereocenters. The van der Waals surface area contributed by atoms with Crippen LogP contribution in [0.15, 0.2) is 47.1 Å². The van der Waals surface area contributed by atoms with Gasteiger partial charge in [0.05, 0.1) is 11.8 Å². The van der Waals surface area contributed by atoms with Gasteiger partial charge < -0.3 is 15.1 Å². The maximum atomic E-state index is 12.5. The average Bonchev–Trinajstić information content (AvgIpc) is 2.90. The summed E-state index contributed by atoms with van der Waals surface area (Å²) in [5.74, 6) is -0.138. The van der Waals surface area contributed by atoms with Gasteiger partial charge in [0, 0.05) is 13.1 Å². The lowest BCUT2D eigenvalue weighted by atomic mass is 10.2. The van der Waals surface area contributed by atoms with Crippen LogP contribution in [-0.2, 0) is 6.54 Å². The van der Waals surface area contributed by atoms with Crippen molar-refractivity contribution in [1.29, 1.82) is 0 Å². The Kier molecular flexibility index (Phi) is 5.21. The Hall–Kier alpha value is -1.78. The lowest BCUT2D eigenvalue weighted by molar-refractivity contribution is 0.0741. The summed E-state index contributed by atoms with van der Waals surface area (Å²) in [5.41, 5.74) is 6.99. The molecule has 1 aromatic heterocycles. The second kappa shape index (κ2) is 7.12. The van der Waals surface area contributed by atoms with Crippen molar-refractivity contribution in [3.8, 4) is 0 Å². The van der Waals surface area contributed by atoms with Crippen molar-refractivity contribution >= 4 is 17.5 Å². The third-order valence-electron chi connectivity index (χ3n) is 2.98. The molecule has 4 nitrogen and oxygen atoms in total. The first kappa shape index (κ1) is 14.6. The van der Waals surface area contributed by atoms with Crippen molar-refractivity contribution in [3.63, 3.8) is 0 Å². The number of carbonyl (C=O) groups is 1. The van der Waals surface area contributed by atoms with Crippen LogP contribution in [0.25, 0.3) is 0 Å². The molecular weight excluding hydrogens is 276 g/mol. The standard InChI is InChI=1S/C15H17ClN2O2/c16-14-13(7-10-20-14)15(19)18(9-4-8-17)11-12-5-2-1-3-6-12/h1-3,5-7,10H,4,8-9,11,17H2. The molecule has 0 aliphatic heterocycles. The Morgan fingerprint density at radius 3 is 2.60 bits per heavy atom. The molecule has 106 valence electrons. The molecule has 2 N–H and O–H groups in total. The van der Waals surface area contributed by atoms with E-state index in [1.54, 1.807) is 11.0 Å². The number of nitrogens with zero attached hydrogens (tertiary/aromatic N) is 1. The van der Waals surface area contributed by atoms with E-state index in [9.17, 15) is 4.79 Å². The molecule has 0 aliphatic carbocycles. The highest BCUT2D eigenvalue weighted by Gasteiger charge is 2.20. The summed E-state index contributed by atoms with van der Waals surface area (Å²) in [4.78, 5) is 14.2. The Labute approximate surface area is 123 Å². The molecule has 20 heavy (non-hydrogen) atoms. The number of hydrogen-bond donors (Lipinski definition) is 1. The zero-order chi connectivity index (χ0) is 14.4. The van der Waals surface area contributed by atoms with E-state index in [1.165, 1.54) is 6.26 Å². The van der Waals surface area contributed by atoms with Crippen LogP contribution in [0, 0.1) is 0 Å². The van der Waals surface area contributed by atoms with Gasteiger partial charge in [0.25, 0.3) is 5.91 Å². The fourth-order valence-corrected chi connectivity index (χ4v) is 2.15. The summed E-state index contributed by atoms with van der Waals surface area (Å²) < 4.78 is 4.98. The highest BCUT2D eigenvalue weighted by atomic mass is 35.5. The highest BCUT2D eigenvalue weighted by molar-refractivity contribution is 6.32. The summed E-state index contributed by atoms with van der Waals surface area (Å²) in [6.07, 6.45) is 2.16. The van der Waals surface area contributed by atoms with Gasteiger partial charge in [-0.1, -0.05) is 30.3 Å². The topological polar surface area (TPSA) is 59.5 Å². The van der Waals surface area contributed by atoms with Gasteiger partial charge >= 0.3 is 0 Å². The second-order valence-electron chi connectivity index (χ2n) is 4.46. The monoisotopic (exact) mass is 292 g/mol. The van der Waals surface area contributed by atoms with Crippen molar-refractivity contribution in [2.75, 3.05) is 13.1 Å². The van der Waals surface area contributed by atoms with Gasteiger partial charge in [0.2, 0.25) is 5.22 Å². The van der Waals surface area contributed by atoms with E-state index < -0.39 is 0 Å². The van der Waals surface area contributed by atoms with Crippen LogP contribution in [0.2, 0.25) is 5.22 Å². The fraction of sp³-hybridized carbons (Fsp3) is 0.267. The quantitative estimate of drug-likeness (QED) is 0.890. The molecule has 0 atom stereocenters. The Bertz CT molecular complexity index is 554. The predicted molar refractivity (Wildman–Crippen MR) is 78.6 cm³/mol. The second-order valence-corrected chi connectivity index (χ2v) is 4.81. The Morgan fingerprint density at radius 2 is 2.00 bits per heavy atom. The molecular formula is C15H17ClN2O2.